The lowest BCUT2D eigenvalue weighted by Crippen LogP contribution is -2.20. The topological polar surface area (TPSA) is 26.2 Å². The van der Waals surface area contributed by atoms with E-state index in [1.165, 1.54) is 11.3 Å². The SMILES string of the molecule is CCNC(C)c1cccn1Cc1ccc(OC)cc1. The van der Waals surface area contributed by atoms with Gasteiger partial charge in [-0.3, -0.25) is 0 Å². The number of rotatable bonds is 6. The van der Waals surface area contributed by atoms with Crippen molar-refractivity contribution in [3.63, 3.8) is 0 Å². The van der Waals surface area contributed by atoms with Crippen molar-refractivity contribution in [1.29, 1.82) is 0 Å². The average Bonchev–Trinajstić information content (AvgIpc) is 2.88. The number of ether oxygens (including phenoxy) is 1. The molecule has 1 aromatic heterocycles. The molecule has 0 aliphatic rings. The van der Waals surface area contributed by atoms with Crippen LogP contribution in [0, 0.1) is 0 Å². The lowest BCUT2D eigenvalue weighted by atomic mass is 10.2. The summed E-state index contributed by atoms with van der Waals surface area (Å²) in [5.74, 6) is 0.900. The number of methoxy groups -OCH3 is 1. The third-order valence-corrected chi connectivity index (χ3v) is 3.33. The molecule has 0 spiro atoms. The minimum atomic E-state index is 0.373. The van der Waals surface area contributed by atoms with Crippen LogP contribution in [0.3, 0.4) is 0 Å². The molecule has 0 amide bonds. The molecule has 0 saturated carbocycles. The van der Waals surface area contributed by atoms with E-state index in [1.807, 2.05) is 12.1 Å². The van der Waals surface area contributed by atoms with Gasteiger partial charge in [-0.1, -0.05) is 19.1 Å². The maximum Gasteiger partial charge on any atom is 0.118 e. The number of hydrogen-bond donors (Lipinski definition) is 1. The molecule has 2 rings (SSSR count). The Labute approximate surface area is 115 Å². The second kappa shape index (κ2) is 6.43. The minimum absolute atomic E-state index is 0.373. The van der Waals surface area contributed by atoms with Crippen molar-refractivity contribution in [1.82, 2.24) is 9.88 Å². The van der Waals surface area contributed by atoms with E-state index in [-0.39, 0.29) is 0 Å². The van der Waals surface area contributed by atoms with Gasteiger partial charge in [-0.2, -0.15) is 0 Å². The van der Waals surface area contributed by atoms with Gasteiger partial charge >= 0.3 is 0 Å². The number of benzene rings is 1. The Morgan fingerprint density at radius 3 is 2.58 bits per heavy atom. The second-order valence-electron chi connectivity index (χ2n) is 4.69. The van der Waals surface area contributed by atoms with Crippen LogP contribution in [0.5, 0.6) is 5.75 Å². The first-order valence-electron chi connectivity index (χ1n) is 6.76. The fourth-order valence-corrected chi connectivity index (χ4v) is 2.30. The lowest BCUT2D eigenvalue weighted by Gasteiger charge is -2.16. The fourth-order valence-electron chi connectivity index (χ4n) is 2.30. The van der Waals surface area contributed by atoms with Gasteiger partial charge in [0.2, 0.25) is 0 Å². The number of nitrogens with one attached hydrogen (secondary N) is 1. The number of hydrogen-bond acceptors (Lipinski definition) is 2. The molecule has 0 fully saturated rings. The van der Waals surface area contributed by atoms with Crippen LogP contribution >= 0.6 is 0 Å². The van der Waals surface area contributed by atoms with Gasteiger partial charge in [0.05, 0.1) is 7.11 Å². The molecule has 3 nitrogen and oxygen atoms in total. The largest absolute Gasteiger partial charge is 0.497 e. The van der Waals surface area contributed by atoms with Crippen LogP contribution in [0.2, 0.25) is 0 Å². The predicted octanol–water partition coefficient (Wildman–Crippen LogP) is 3.22. The van der Waals surface area contributed by atoms with Crippen molar-refractivity contribution in [3.8, 4) is 5.75 Å². The highest BCUT2D eigenvalue weighted by molar-refractivity contribution is 5.28. The summed E-state index contributed by atoms with van der Waals surface area (Å²) < 4.78 is 7.47. The molecule has 19 heavy (non-hydrogen) atoms. The minimum Gasteiger partial charge on any atom is -0.497 e. The molecule has 0 aliphatic carbocycles. The molecule has 2 aromatic rings. The summed E-state index contributed by atoms with van der Waals surface area (Å²) in [5.41, 5.74) is 2.60. The van der Waals surface area contributed by atoms with Crippen LogP contribution in [0.1, 0.15) is 31.1 Å². The van der Waals surface area contributed by atoms with Gasteiger partial charge in [0.1, 0.15) is 5.75 Å². The Balaban J connectivity index is 2.12. The van der Waals surface area contributed by atoms with Crippen molar-refractivity contribution in [2.24, 2.45) is 0 Å². The monoisotopic (exact) mass is 258 g/mol. The van der Waals surface area contributed by atoms with Crippen molar-refractivity contribution in [2.75, 3.05) is 13.7 Å². The van der Waals surface area contributed by atoms with Crippen molar-refractivity contribution in [3.05, 3.63) is 53.9 Å². The molecule has 3 heteroatoms. The summed E-state index contributed by atoms with van der Waals surface area (Å²) in [6.07, 6.45) is 2.13. The Hall–Kier alpha value is -1.74. The Morgan fingerprint density at radius 1 is 1.21 bits per heavy atom. The second-order valence-corrected chi connectivity index (χ2v) is 4.69. The van der Waals surface area contributed by atoms with Crippen LogP contribution < -0.4 is 10.1 Å². The van der Waals surface area contributed by atoms with Gasteiger partial charge in [-0.05, 0) is 43.3 Å². The smallest absolute Gasteiger partial charge is 0.118 e. The molecular formula is C16H22N2O. The molecule has 1 atom stereocenters. The van der Waals surface area contributed by atoms with E-state index in [0.29, 0.717) is 6.04 Å². The first-order valence-corrected chi connectivity index (χ1v) is 6.76. The molecule has 102 valence electrons. The first-order chi connectivity index (χ1) is 9.24. The van der Waals surface area contributed by atoms with Crippen LogP contribution in [-0.2, 0) is 6.54 Å². The highest BCUT2D eigenvalue weighted by Crippen LogP contribution is 2.17. The zero-order chi connectivity index (χ0) is 13.7. The van der Waals surface area contributed by atoms with Gasteiger partial charge in [0.15, 0.2) is 0 Å². The van der Waals surface area contributed by atoms with E-state index in [9.17, 15) is 0 Å². The molecule has 0 bridgehead atoms. The summed E-state index contributed by atoms with van der Waals surface area (Å²) in [6.45, 7) is 6.20. The van der Waals surface area contributed by atoms with E-state index < -0.39 is 0 Å². The van der Waals surface area contributed by atoms with E-state index in [4.69, 9.17) is 4.74 Å². The summed E-state index contributed by atoms with van der Waals surface area (Å²) in [5, 5.41) is 3.45. The summed E-state index contributed by atoms with van der Waals surface area (Å²) in [7, 11) is 1.69. The molecule has 1 aromatic carbocycles. The van der Waals surface area contributed by atoms with Crippen LogP contribution in [-0.4, -0.2) is 18.2 Å². The van der Waals surface area contributed by atoms with Gasteiger partial charge in [0.25, 0.3) is 0 Å². The molecule has 0 aliphatic heterocycles. The number of aromatic nitrogens is 1. The van der Waals surface area contributed by atoms with E-state index in [0.717, 1.165) is 18.8 Å². The summed E-state index contributed by atoms with van der Waals surface area (Å²) in [4.78, 5) is 0. The predicted molar refractivity (Wildman–Crippen MR) is 78.6 cm³/mol. The highest BCUT2D eigenvalue weighted by atomic mass is 16.5. The van der Waals surface area contributed by atoms with E-state index >= 15 is 0 Å². The molecular weight excluding hydrogens is 236 g/mol. The van der Waals surface area contributed by atoms with Gasteiger partial charge in [0, 0.05) is 24.5 Å². The molecule has 1 N–H and O–H groups in total. The van der Waals surface area contributed by atoms with Crippen LogP contribution in [0.4, 0.5) is 0 Å². The van der Waals surface area contributed by atoms with Crippen LogP contribution in [0.15, 0.2) is 42.6 Å². The summed E-state index contributed by atoms with van der Waals surface area (Å²) in [6, 6.07) is 12.9. The Bertz CT molecular complexity index is 502. The average molecular weight is 258 g/mol. The Morgan fingerprint density at radius 2 is 1.95 bits per heavy atom. The quantitative estimate of drug-likeness (QED) is 0.861. The van der Waals surface area contributed by atoms with Crippen molar-refractivity contribution in [2.45, 2.75) is 26.4 Å². The maximum atomic E-state index is 5.18. The van der Waals surface area contributed by atoms with E-state index in [1.54, 1.807) is 7.11 Å². The zero-order valence-corrected chi connectivity index (χ0v) is 11.9. The van der Waals surface area contributed by atoms with Gasteiger partial charge in [-0.15, -0.1) is 0 Å². The van der Waals surface area contributed by atoms with Crippen molar-refractivity contribution >= 4 is 0 Å². The van der Waals surface area contributed by atoms with Crippen molar-refractivity contribution < 1.29 is 4.74 Å². The lowest BCUT2D eigenvalue weighted by molar-refractivity contribution is 0.414. The standard InChI is InChI=1S/C16H22N2O/c1-4-17-13(2)16-6-5-11-18(16)12-14-7-9-15(19-3)10-8-14/h5-11,13,17H,4,12H2,1-3H3. The third-order valence-electron chi connectivity index (χ3n) is 3.33. The zero-order valence-electron chi connectivity index (χ0n) is 11.9. The molecule has 1 unspecified atom stereocenters. The van der Waals surface area contributed by atoms with Crippen LogP contribution in [0.25, 0.3) is 0 Å². The van der Waals surface area contributed by atoms with Gasteiger partial charge < -0.3 is 14.6 Å². The van der Waals surface area contributed by atoms with E-state index in [2.05, 4.69) is 54.2 Å². The maximum absolute atomic E-state index is 5.18. The molecule has 0 radical (unpaired) electrons. The molecule has 1 heterocycles. The number of nitrogens with zero attached hydrogens (tertiary/aromatic N) is 1. The summed E-state index contributed by atoms with van der Waals surface area (Å²) >= 11 is 0. The molecule has 0 saturated heterocycles. The normalized spacial score (nSPS) is 12.4. The first kappa shape index (κ1) is 13.7. The highest BCUT2D eigenvalue weighted by Gasteiger charge is 2.08. The third kappa shape index (κ3) is 3.38. The fraction of sp³-hybridized carbons (Fsp3) is 0.375. The Kier molecular flexibility index (Phi) is 4.63. The van der Waals surface area contributed by atoms with Gasteiger partial charge in [-0.25, -0.2) is 0 Å².